The minimum atomic E-state index is 0.624. The van der Waals surface area contributed by atoms with Crippen LogP contribution in [0.3, 0.4) is 0 Å². The fraction of sp³-hybridized carbons (Fsp3) is 0.364. The summed E-state index contributed by atoms with van der Waals surface area (Å²) >= 11 is 1.72. The van der Waals surface area contributed by atoms with Gasteiger partial charge >= 0.3 is 0 Å². The molecule has 0 radical (unpaired) electrons. The van der Waals surface area contributed by atoms with Crippen LogP contribution in [0.1, 0.15) is 18.4 Å². The minimum Gasteiger partial charge on any atom is -0.398 e. The van der Waals surface area contributed by atoms with E-state index in [2.05, 4.69) is 12.1 Å². The zero-order valence-corrected chi connectivity index (χ0v) is 9.10. The van der Waals surface area contributed by atoms with Crippen molar-refractivity contribution in [1.82, 2.24) is 0 Å². The van der Waals surface area contributed by atoms with Crippen molar-refractivity contribution in [1.29, 1.82) is 5.26 Å². The van der Waals surface area contributed by atoms with Crippen molar-refractivity contribution in [2.45, 2.75) is 24.7 Å². The first-order valence-electron chi connectivity index (χ1n) is 4.60. The molecule has 1 rings (SSSR count). The lowest BCUT2D eigenvalue weighted by molar-refractivity contribution is 0.981. The number of anilines is 1. The van der Waals surface area contributed by atoms with E-state index in [0.29, 0.717) is 6.42 Å². The second kappa shape index (κ2) is 5.56. The van der Waals surface area contributed by atoms with Crippen LogP contribution in [-0.4, -0.2) is 5.75 Å². The van der Waals surface area contributed by atoms with Crippen molar-refractivity contribution in [3.05, 3.63) is 23.8 Å². The topological polar surface area (TPSA) is 49.8 Å². The van der Waals surface area contributed by atoms with Crippen LogP contribution in [-0.2, 0) is 0 Å². The van der Waals surface area contributed by atoms with Gasteiger partial charge in [-0.2, -0.15) is 5.26 Å². The highest BCUT2D eigenvalue weighted by atomic mass is 32.2. The van der Waals surface area contributed by atoms with Gasteiger partial charge in [0, 0.05) is 17.0 Å². The highest BCUT2D eigenvalue weighted by Crippen LogP contribution is 2.26. The number of nitrogens with zero attached hydrogens (tertiary/aromatic N) is 1. The average Bonchev–Trinajstić information content (AvgIpc) is 2.15. The van der Waals surface area contributed by atoms with Crippen molar-refractivity contribution in [2.24, 2.45) is 0 Å². The molecule has 3 heteroatoms. The monoisotopic (exact) mass is 206 g/mol. The van der Waals surface area contributed by atoms with Gasteiger partial charge < -0.3 is 5.73 Å². The Hall–Kier alpha value is -1.14. The van der Waals surface area contributed by atoms with Crippen LogP contribution in [0.2, 0.25) is 0 Å². The molecule has 14 heavy (non-hydrogen) atoms. The molecule has 2 N–H and O–H groups in total. The van der Waals surface area contributed by atoms with Crippen molar-refractivity contribution < 1.29 is 0 Å². The van der Waals surface area contributed by atoms with Crippen LogP contribution >= 0.6 is 11.8 Å². The molecule has 0 saturated carbocycles. The van der Waals surface area contributed by atoms with Crippen LogP contribution in [0.15, 0.2) is 23.1 Å². The number of nitrogen functional groups attached to an aromatic ring is 1. The van der Waals surface area contributed by atoms with Gasteiger partial charge in [0.1, 0.15) is 0 Å². The fourth-order valence-electron chi connectivity index (χ4n) is 1.13. The third-order valence-electron chi connectivity index (χ3n) is 1.86. The number of hydrogen-bond acceptors (Lipinski definition) is 3. The average molecular weight is 206 g/mol. The van der Waals surface area contributed by atoms with Gasteiger partial charge in [0.05, 0.1) is 6.07 Å². The van der Waals surface area contributed by atoms with E-state index in [4.69, 9.17) is 11.0 Å². The molecule has 1 aromatic carbocycles. The first kappa shape index (κ1) is 10.9. The normalized spacial score (nSPS) is 9.71. The molecular weight excluding hydrogens is 192 g/mol. The lowest BCUT2D eigenvalue weighted by Gasteiger charge is -2.04. The first-order valence-corrected chi connectivity index (χ1v) is 5.58. The van der Waals surface area contributed by atoms with Crippen LogP contribution in [0, 0.1) is 18.3 Å². The number of rotatable bonds is 4. The van der Waals surface area contributed by atoms with E-state index in [0.717, 1.165) is 22.8 Å². The van der Waals surface area contributed by atoms with Gasteiger partial charge in [-0.05, 0) is 36.8 Å². The van der Waals surface area contributed by atoms with E-state index in [9.17, 15) is 0 Å². The molecule has 0 atom stereocenters. The second-order valence-corrected chi connectivity index (χ2v) is 4.29. The smallest absolute Gasteiger partial charge is 0.0622 e. The van der Waals surface area contributed by atoms with Crippen LogP contribution in [0.5, 0.6) is 0 Å². The molecular formula is C11H14N2S. The summed E-state index contributed by atoms with van der Waals surface area (Å²) in [4.78, 5) is 1.12. The molecule has 0 aliphatic heterocycles. The van der Waals surface area contributed by atoms with Crippen molar-refractivity contribution in [3.8, 4) is 6.07 Å². The molecule has 2 nitrogen and oxygen atoms in total. The lowest BCUT2D eigenvalue weighted by atomic mass is 10.2. The van der Waals surface area contributed by atoms with Crippen molar-refractivity contribution in [2.75, 3.05) is 11.5 Å². The Labute approximate surface area is 89.1 Å². The van der Waals surface area contributed by atoms with Gasteiger partial charge in [-0.25, -0.2) is 0 Å². The maximum Gasteiger partial charge on any atom is 0.0622 e. The minimum absolute atomic E-state index is 0.624. The molecule has 0 aromatic heterocycles. The summed E-state index contributed by atoms with van der Waals surface area (Å²) in [6.07, 6.45) is 1.55. The van der Waals surface area contributed by atoms with Gasteiger partial charge in [-0.1, -0.05) is 6.07 Å². The number of nitriles is 1. The Morgan fingerprint density at radius 1 is 1.50 bits per heavy atom. The summed E-state index contributed by atoms with van der Waals surface area (Å²) in [5.74, 6) is 0.959. The van der Waals surface area contributed by atoms with Gasteiger partial charge in [0.15, 0.2) is 0 Å². The maximum atomic E-state index is 8.37. The Bertz CT molecular complexity index is 342. The Morgan fingerprint density at radius 3 is 2.93 bits per heavy atom. The highest BCUT2D eigenvalue weighted by Gasteiger charge is 1.99. The second-order valence-electron chi connectivity index (χ2n) is 3.15. The molecule has 0 bridgehead atoms. The lowest BCUT2D eigenvalue weighted by Crippen LogP contribution is -1.90. The maximum absolute atomic E-state index is 8.37. The SMILES string of the molecule is Cc1ccc(SCCCC#N)c(N)c1. The highest BCUT2D eigenvalue weighted by molar-refractivity contribution is 7.99. The summed E-state index contributed by atoms with van der Waals surface area (Å²) in [6, 6.07) is 8.21. The Kier molecular flexibility index (Phi) is 4.34. The zero-order valence-electron chi connectivity index (χ0n) is 8.29. The summed E-state index contributed by atoms with van der Waals surface area (Å²) in [5, 5.41) is 8.37. The number of thioether (sulfide) groups is 1. The molecule has 0 saturated heterocycles. The van der Waals surface area contributed by atoms with Gasteiger partial charge in [0.25, 0.3) is 0 Å². The largest absolute Gasteiger partial charge is 0.398 e. The van der Waals surface area contributed by atoms with E-state index in [1.165, 1.54) is 5.56 Å². The molecule has 0 amide bonds. The fourth-order valence-corrected chi connectivity index (χ4v) is 2.03. The van der Waals surface area contributed by atoms with Gasteiger partial charge in [-0.3, -0.25) is 0 Å². The molecule has 74 valence electrons. The quantitative estimate of drug-likeness (QED) is 0.468. The van der Waals surface area contributed by atoms with Gasteiger partial charge in [-0.15, -0.1) is 11.8 Å². The number of unbranched alkanes of at least 4 members (excludes halogenated alkanes) is 1. The number of nitrogens with two attached hydrogens (primary N) is 1. The molecule has 0 unspecified atom stereocenters. The summed E-state index contributed by atoms with van der Waals surface area (Å²) in [7, 11) is 0. The molecule has 0 aliphatic carbocycles. The summed E-state index contributed by atoms with van der Waals surface area (Å²) in [6.45, 7) is 2.03. The number of aryl methyl sites for hydroxylation is 1. The third-order valence-corrected chi connectivity index (χ3v) is 3.03. The molecule has 0 spiro atoms. The van der Waals surface area contributed by atoms with E-state index < -0.39 is 0 Å². The Balaban J connectivity index is 2.47. The molecule has 0 aliphatic rings. The van der Waals surface area contributed by atoms with Crippen LogP contribution < -0.4 is 5.73 Å². The molecule has 1 aromatic rings. The van der Waals surface area contributed by atoms with Crippen LogP contribution in [0.4, 0.5) is 5.69 Å². The van der Waals surface area contributed by atoms with E-state index in [1.54, 1.807) is 11.8 Å². The third kappa shape index (κ3) is 3.31. The van der Waals surface area contributed by atoms with E-state index in [-0.39, 0.29) is 0 Å². The van der Waals surface area contributed by atoms with Crippen molar-refractivity contribution >= 4 is 17.4 Å². The first-order chi connectivity index (χ1) is 6.74. The predicted molar refractivity (Wildman–Crippen MR) is 61.2 cm³/mol. The standard InChI is InChI=1S/C11H14N2S/c1-9-4-5-11(10(13)8-9)14-7-3-2-6-12/h4-5,8H,2-3,7,13H2,1H3. The molecule has 0 heterocycles. The summed E-state index contributed by atoms with van der Waals surface area (Å²) < 4.78 is 0. The van der Waals surface area contributed by atoms with E-state index >= 15 is 0 Å². The summed E-state index contributed by atoms with van der Waals surface area (Å²) in [5.41, 5.74) is 7.87. The van der Waals surface area contributed by atoms with Gasteiger partial charge in [0.2, 0.25) is 0 Å². The zero-order chi connectivity index (χ0) is 10.4. The van der Waals surface area contributed by atoms with E-state index in [1.807, 2.05) is 19.1 Å². The Morgan fingerprint density at radius 2 is 2.29 bits per heavy atom. The van der Waals surface area contributed by atoms with Crippen LogP contribution in [0.25, 0.3) is 0 Å². The molecule has 0 fully saturated rings. The predicted octanol–water partition coefficient (Wildman–Crippen LogP) is 2.97. The number of benzene rings is 1. The van der Waals surface area contributed by atoms with Crippen molar-refractivity contribution in [3.63, 3.8) is 0 Å². The number of hydrogen-bond donors (Lipinski definition) is 1.